The third kappa shape index (κ3) is 1.71. The smallest absolute Gasteiger partial charge is 0.306 e. The molecule has 4 nitrogen and oxygen atoms in total. The summed E-state index contributed by atoms with van der Waals surface area (Å²) >= 11 is 3.31. The van der Waals surface area contributed by atoms with Gasteiger partial charge in [0, 0.05) is 11.0 Å². The molecule has 0 radical (unpaired) electrons. The third-order valence-electron chi connectivity index (χ3n) is 2.41. The van der Waals surface area contributed by atoms with Gasteiger partial charge in [0.1, 0.15) is 0 Å². The molecule has 0 atom stereocenters. The van der Waals surface area contributed by atoms with Gasteiger partial charge in [0.05, 0.1) is 10.9 Å². The zero-order valence-corrected chi connectivity index (χ0v) is 10.4. The summed E-state index contributed by atoms with van der Waals surface area (Å²) in [6, 6.07) is 5.29. The Kier molecular flexibility index (Phi) is 2.96. The van der Waals surface area contributed by atoms with E-state index >= 15 is 0 Å². The Labute approximate surface area is 100 Å². The lowest BCUT2D eigenvalue weighted by Crippen LogP contribution is -2.34. The molecule has 84 valence electrons. The fourth-order valence-corrected chi connectivity index (χ4v) is 2.13. The van der Waals surface area contributed by atoms with E-state index in [-0.39, 0.29) is 11.2 Å². The fraction of sp³-hybridized carbons (Fsp3) is 0.273. The van der Waals surface area contributed by atoms with E-state index < -0.39 is 0 Å². The lowest BCUT2D eigenvalue weighted by molar-refractivity contribution is 0.623. The van der Waals surface area contributed by atoms with Gasteiger partial charge in [-0.05, 0) is 34.5 Å². The van der Waals surface area contributed by atoms with Crippen LogP contribution in [0.25, 0.3) is 10.9 Å². The molecule has 0 saturated carbocycles. The van der Waals surface area contributed by atoms with Crippen LogP contribution in [0.4, 0.5) is 0 Å². The molecule has 1 aromatic carbocycles. The van der Waals surface area contributed by atoms with Crippen molar-refractivity contribution in [2.24, 2.45) is 0 Å². The molecule has 0 unspecified atom stereocenters. The topological polar surface area (TPSA) is 54.9 Å². The first-order chi connectivity index (χ1) is 7.65. The van der Waals surface area contributed by atoms with E-state index in [0.717, 1.165) is 10.9 Å². The first kappa shape index (κ1) is 11.1. The summed E-state index contributed by atoms with van der Waals surface area (Å²) in [6.07, 6.45) is 0.752. The van der Waals surface area contributed by atoms with Gasteiger partial charge in [0.15, 0.2) is 0 Å². The normalized spacial score (nSPS) is 10.9. The van der Waals surface area contributed by atoms with Gasteiger partial charge in [-0.2, -0.15) is 0 Å². The third-order valence-corrected chi connectivity index (χ3v) is 3.07. The highest BCUT2D eigenvalue weighted by Crippen LogP contribution is 2.17. The van der Waals surface area contributed by atoms with E-state index in [0.29, 0.717) is 17.4 Å². The number of nitrogens with one attached hydrogen (secondary N) is 1. The van der Waals surface area contributed by atoms with Crippen molar-refractivity contribution in [1.82, 2.24) is 9.55 Å². The molecule has 0 spiro atoms. The molecular weight excluding hydrogens is 272 g/mol. The number of H-pyrrole nitrogens is 1. The molecule has 0 bridgehead atoms. The molecular formula is C11H11BrN2O2. The Morgan fingerprint density at radius 3 is 2.81 bits per heavy atom. The van der Waals surface area contributed by atoms with Crippen LogP contribution < -0.4 is 11.2 Å². The maximum absolute atomic E-state index is 12.0. The number of fused-ring (bicyclic) bond motifs is 1. The summed E-state index contributed by atoms with van der Waals surface area (Å²) in [5.41, 5.74) is -0.0296. The molecule has 0 saturated heterocycles. The fourth-order valence-electron chi connectivity index (χ4n) is 1.67. The van der Waals surface area contributed by atoms with Gasteiger partial charge in [0.2, 0.25) is 0 Å². The van der Waals surface area contributed by atoms with Gasteiger partial charge in [-0.3, -0.25) is 9.36 Å². The quantitative estimate of drug-likeness (QED) is 0.914. The minimum absolute atomic E-state index is 0.234. The van der Waals surface area contributed by atoms with Crippen LogP contribution in [0.15, 0.2) is 32.3 Å². The highest BCUT2D eigenvalue weighted by Gasteiger charge is 2.08. The Hall–Kier alpha value is -1.36. The van der Waals surface area contributed by atoms with Gasteiger partial charge >= 0.3 is 5.69 Å². The molecule has 2 rings (SSSR count). The Bertz CT molecular complexity index is 642. The van der Waals surface area contributed by atoms with Crippen LogP contribution >= 0.6 is 15.9 Å². The second-order valence-corrected chi connectivity index (χ2v) is 4.40. The number of halogens is 1. The van der Waals surface area contributed by atoms with Gasteiger partial charge in [-0.1, -0.05) is 13.0 Å². The maximum atomic E-state index is 12.0. The molecule has 0 fully saturated rings. The van der Waals surface area contributed by atoms with Crippen LogP contribution in [0.1, 0.15) is 13.3 Å². The lowest BCUT2D eigenvalue weighted by atomic mass is 10.2. The summed E-state index contributed by atoms with van der Waals surface area (Å²) < 4.78 is 1.96. The molecule has 0 aliphatic carbocycles. The molecule has 2 aromatic rings. The Balaban J connectivity index is 2.90. The molecule has 1 aromatic heterocycles. The number of rotatable bonds is 2. The minimum atomic E-state index is -0.355. The van der Waals surface area contributed by atoms with Crippen molar-refractivity contribution in [3.8, 4) is 0 Å². The summed E-state index contributed by atoms with van der Waals surface area (Å²) in [4.78, 5) is 26.4. The van der Waals surface area contributed by atoms with Crippen molar-refractivity contribution in [1.29, 1.82) is 0 Å². The lowest BCUT2D eigenvalue weighted by Gasteiger charge is -2.05. The predicted octanol–water partition coefficient (Wildman–Crippen LogP) is 1.86. The molecule has 16 heavy (non-hydrogen) atoms. The highest BCUT2D eigenvalue weighted by atomic mass is 79.9. The van der Waals surface area contributed by atoms with E-state index in [2.05, 4.69) is 20.9 Å². The van der Waals surface area contributed by atoms with Gasteiger partial charge in [0.25, 0.3) is 5.56 Å². The van der Waals surface area contributed by atoms with Crippen LogP contribution in [0, 0.1) is 0 Å². The summed E-state index contributed by atoms with van der Waals surface area (Å²) in [6.45, 7) is 2.37. The standard InChI is InChI=1S/C11H11BrN2O2/c1-2-6-14-10(15)7-4-3-5-8(12)9(7)13-11(14)16/h3-5H,2,6H2,1H3,(H,13,16). The molecule has 0 aliphatic heterocycles. The average Bonchev–Trinajstić information content (AvgIpc) is 2.26. The predicted molar refractivity (Wildman–Crippen MR) is 66.8 cm³/mol. The zero-order chi connectivity index (χ0) is 11.7. The first-order valence-corrected chi connectivity index (χ1v) is 5.85. The SMILES string of the molecule is CCCn1c(=O)[nH]c2c(Br)cccc2c1=O. The van der Waals surface area contributed by atoms with Crippen LogP contribution in [-0.4, -0.2) is 9.55 Å². The van der Waals surface area contributed by atoms with Crippen LogP contribution in [0.5, 0.6) is 0 Å². The number of aromatic amines is 1. The van der Waals surface area contributed by atoms with Crippen molar-refractivity contribution < 1.29 is 0 Å². The molecule has 0 aliphatic rings. The second-order valence-electron chi connectivity index (χ2n) is 3.55. The monoisotopic (exact) mass is 282 g/mol. The number of para-hydroxylation sites is 1. The van der Waals surface area contributed by atoms with Crippen LogP contribution in [0.2, 0.25) is 0 Å². The number of benzene rings is 1. The average molecular weight is 283 g/mol. The number of nitrogens with zero attached hydrogens (tertiary/aromatic N) is 1. The van der Waals surface area contributed by atoms with E-state index in [9.17, 15) is 9.59 Å². The molecule has 1 N–H and O–H groups in total. The van der Waals surface area contributed by atoms with Crippen molar-refractivity contribution >= 4 is 26.8 Å². The minimum Gasteiger partial charge on any atom is -0.306 e. The van der Waals surface area contributed by atoms with E-state index in [1.807, 2.05) is 6.92 Å². The van der Waals surface area contributed by atoms with Crippen molar-refractivity contribution in [2.75, 3.05) is 0 Å². The van der Waals surface area contributed by atoms with E-state index in [1.54, 1.807) is 18.2 Å². The van der Waals surface area contributed by atoms with Crippen molar-refractivity contribution in [3.05, 3.63) is 43.5 Å². The van der Waals surface area contributed by atoms with Crippen molar-refractivity contribution in [2.45, 2.75) is 19.9 Å². The number of hydrogen-bond donors (Lipinski definition) is 1. The second kappa shape index (κ2) is 4.25. The summed E-state index contributed by atoms with van der Waals surface area (Å²) in [5, 5.41) is 0.530. The molecule has 5 heteroatoms. The maximum Gasteiger partial charge on any atom is 0.328 e. The van der Waals surface area contributed by atoms with Gasteiger partial charge in [-0.25, -0.2) is 4.79 Å². The summed E-state index contributed by atoms with van der Waals surface area (Å²) in [5.74, 6) is 0. The number of aromatic nitrogens is 2. The zero-order valence-electron chi connectivity index (χ0n) is 8.79. The van der Waals surface area contributed by atoms with Crippen LogP contribution in [-0.2, 0) is 6.54 Å². The Morgan fingerprint density at radius 1 is 1.38 bits per heavy atom. The molecule has 1 heterocycles. The number of hydrogen-bond acceptors (Lipinski definition) is 2. The largest absolute Gasteiger partial charge is 0.328 e. The van der Waals surface area contributed by atoms with Gasteiger partial charge in [-0.15, -0.1) is 0 Å². The first-order valence-electron chi connectivity index (χ1n) is 5.06. The van der Waals surface area contributed by atoms with Crippen LogP contribution in [0.3, 0.4) is 0 Å². The molecule has 0 amide bonds. The van der Waals surface area contributed by atoms with E-state index in [4.69, 9.17) is 0 Å². The van der Waals surface area contributed by atoms with Crippen molar-refractivity contribution in [3.63, 3.8) is 0 Å². The summed E-state index contributed by atoms with van der Waals surface area (Å²) in [7, 11) is 0. The van der Waals surface area contributed by atoms with E-state index in [1.165, 1.54) is 4.57 Å². The Morgan fingerprint density at radius 2 is 2.12 bits per heavy atom. The van der Waals surface area contributed by atoms with Gasteiger partial charge < -0.3 is 4.98 Å². The highest BCUT2D eigenvalue weighted by molar-refractivity contribution is 9.10.